The Morgan fingerprint density at radius 2 is 1.68 bits per heavy atom. The first kappa shape index (κ1) is 25.3. The number of halogens is 3. The standard InChI is InChI=1S/C27H25F3N6O2/c1-33(2)9-10-35-16-21(17-7-5-4-6-8-17)19(12-24(35)37)22-15-34(3)26(38)25-20(22)11-23(32-25)18-13-31-36(14-18)27(28,29)30/h4-8,11-16,32H,9-10H2,1-3H3. The number of H-pyrrole nitrogens is 1. The second kappa shape index (κ2) is 9.49. The number of nitrogens with one attached hydrogen (secondary N) is 1. The summed E-state index contributed by atoms with van der Waals surface area (Å²) in [5, 5.41) is 3.89. The predicted octanol–water partition coefficient (Wildman–Crippen LogP) is 4.26. The van der Waals surface area contributed by atoms with Gasteiger partial charge < -0.3 is 19.0 Å². The summed E-state index contributed by atoms with van der Waals surface area (Å²) in [6, 6.07) is 12.7. The number of hydrogen-bond donors (Lipinski definition) is 1. The molecule has 1 N–H and O–H groups in total. The maximum absolute atomic E-state index is 13.2. The van der Waals surface area contributed by atoms with Crippen molar-refractivity contribution in [3.05, 3.63) is 88.0 Å². The van der Waals surface area contributed by atoms with Crippen molar-refractivity contribution in [1.29, 1.82) is 0 Å². The van der Waals surface area contributed by atoms with Crippen LogP contribution >= 0.6 is 0 Å². The maximum atomic E-state index is 13.2. The third-order valence-electron chi connectivity index (χ3n) is 6.41. The Balaban J connectivity index is 1.74. The van der Waals surface area contributed by atoms with E-state index < -0.39 is 6.30 Å². The molecule has 5 aromatic rings. The molecule has 5 rings (SSSR count). The second-order valence-electron chi connectivity index (χ2n) is 9.37. The molecular weight excluding hydrogens is 497 g/mol. The minimum Gasteiger partial charge on any atom is -0.350 e. The summed E-state index contributed by atoms with van der Waals surface area (Å²) in [5.74, 6) is 0. The number of benzene rings is 1. The first-order valence-corrected chi connectivity index (χ1v) is 11.8. The van der Waals surface area contributed by atoms with E-state index in [4.69, 9.17) is 0 Å². The Kier molecular flexibility index (Phi) is 6.31. The van der Waals surface area contributed by atoms with E-state index in [1.807, 2.05) is 55.5 Å². The van der Waals surface area contributed by atoms with Gasteiger partial charge in [0.1, 0.15) is 5.52 Å². The summed E-state index contributed by atoms with van der Waals surface area (Å²) in [6.45, 7) is 1.16. The van der Waals surface area contributed by atoms with Crippen LogP contribution in [-0.4, -0.2) is 49.4 Å². The van der Waals surface area contributed by atoms with Gasteiger partial charge in [-0.15, -0.1) is 13.2 Å². The average molecular weight is 523 g/mol. The van der Waals surface area contributed by atoms with E-state index in [1.165, 1.54) is 4.57 Å². The zero-order valence-corrected chi connectivity index (χ0v) is 21.0. The molecule has 4 aromatic heterocycles. The highest BCUT2D eigenvalue weighted by Crippen LogP contribution is 2.36. The van der Waals surface area contributed by atoms with Crippen LogP contribution in [0.3, 0.4) is 0 Å². The SMILES string of the molecule is CN(C)CCn1cc(-c2ccccc2)c(-c2cn(C)c(=O)c3[nH]c(-c4cnn(C(F)(F)F)c4)cc23)cc1=O. The van der Waals surface area contributed by atoms with Gasteiger partial charge in [-0.1, -0.05) is 30.3 Å². The molecule has 0 unspecified atom stereocenters. The summed E-state index contributed by atoms with van der Waals surface area (Å²) in [5.41, 5.74) is 3.03. The number of likely N-dealkylation sites (N-methyl/N-ethyl adjacent to an activating group) is 1. The molecule has 11 heteroatoms. The number of aryl methyl sites for hydroxylation is 1. The molecule has 0 aliphatic heterocycles. The Hall–Kier alpha value is -4.38. The Morgan fingerprint density at radius 1 is 0.947 bits per heavy atom. The lowest BCUT2D eigenvalue weighted by Crippen LogP contribution is -2.26. The topological polar surface area (TPSA) is 80.8 Å². The summed E-state index contributed by atoms with van der Waals surface area (Å²) >= 11 is 0. The van der Waals surface area contributed by atoms with Gasteiger partial charge in [-0.3, -0.25) is 9.59 Å². The Bertz CT molecular complexity index is 1740. The highest BCUT2D eigenvalue weighted by molar-refractivity contribution is 6.00. The van der Waals surface area contributed by atoms with Gasteiger partial charge in [-0.2, -0.15) is 9.78 Å². The van der Waals surface area contributed by atoms with E-state index >= 15 is 0 Å². The number of rotatable bonds is 6. The van der Waals surface area contributed by atoms with Crippen LogP contribution in [0, 0.1) is 0 Å². The van der Waals surface area contributed by atoms with Crippen molar-refractivity contribution >= 4 is 10.9 Å². The summed E-state index contributed by atoms with van der Waals surface area (Å²) in [4.78, 5) is 31.1. The molecule has 4 heterocycles. The van der Waals surface area contributed by atoms with Crippen LogP contribution in [0.1, 0.15) is 0 Å². The molecule has 0 atom stereocenters. The normalized spacial score (nSPS) is 12.1. The molecule has 0 amide bonds. The summed E-state index contributed by atoms with van der Waals surface area (Å²) in [7, 11) is 5.45. The largest absolute Gasteiger partial charge is 0.504 e. The summed E-state index contributed by atoms with van der Waals surface area (Å²) < 4.78 is 42.3. The van der Waals surface area contributed by atoms with Gasteiger partial charge in [0, 0.05) is 72.6 Å². The van der Waals surface area contributed by atoms with Gasteiger partial charge in [0.05, 0.1) is 6.20 Å². The van der Waals surface area contributed by atoms with Crippen molar-refractivity contribution in [2.75, 3.05) is 20.6 Å². The van der Waals surface area contributed by atoms with Gasteiger partial charge in [0.25, 0.3) is 11.1 Å². The second-order valence-corrected chi connectivity index (χ2v) is 9.37. The number of pyridine rings is 2. The molecule has 196 valence electrons. The number of nitrogens with zero attached hydrogens (tertiary/aromatic N) is 5. The molecule has 0 aliphatic rings. The van der Waals surface area contributed by atoms with Gasteiger partial charge in [-0.05, 0) is 31.3 Å². The van der Waals surface area contributed by atoms with Crippen LogP contribution in [0.25, 0.3) is 44.4 Å². The van der Waals surface area contributed by atoms with Crippen LogP contribution in [0.5, 0.6) is 0 Å². The predicted molar refractivity (Wildman–Crippen MR) is 140 cm³/mol. The molecule has 1 aromatic carbocycles. The van der Waals surface area contributed by atoms with E-state index in [0.29, 0.717) is 35.3 Å². The fraction of sp³-hybridized carbons (Fsp3) is 0.222. The first-order valence-electron chi connectivity index (χ1n) is 11.8. The van der Waals surface area contributed by atoms with Crippen LogP contribution in [0.15, 0.2) is 76.8 Å². The molecular formula is C27H25F3N6O2. The van der Waals surface area contributed by atoms with Gasteiger partial charge in [0.2, 0.25) is 0 Å². The van der Waals surface area contributed by atoms with Crippen molar-refractivity contribution in [2.24, 2.45) is 7.05 Å². The smallest absolute Gasteiger partial charge is 0.350 e. The van der Waals surface area contributed by atoms with Crippen LogP contribution in [0.4, 0.5) is 13.2 Å². The van der Waals surface area contributed by atoms with Crippen molar-refractivity contribution in [1.82, 2.24) is 28.8 Å². The minimum absolute atomic E-state index is 0.0895. The third kappa shape index (κ3) is 4.68. The van der Waals surface area contributed by atoms with Crippen molar-refractivity contribution in [2.45, 2.75) is 12.8 Å². The van der Waals surface area contributed by atoms with E-state index in [9.17, 15) is 22.8 Å². The maximum Gasteiger partial charge on any atom is 0.504 e. The number of fused-ring (bicyclic) bond motifs is 1. The zero-order valence-electron chi connectivity index (χ0n) is 21.0. The molecule has 0 saturated heterocycles. The number of hydrogen-bond acceptors (Lipinski definition) is 4. The summed E-state index contributed by atoms with van der Waals surface area (Å²) in [6.07, 6.45) is 0.744. The fourth-order valence-corrected chi connectivity index (χ4v) is 4.43. The van der Waals surface area contributed by atoms with E-state index in [0.717, 1.165) is 23.5 Å². The van der Waals surface area contributed by atoms with Crippen molar-refractivity contribution < 1.29 is 13.2 Å². The van der Waals surface area contributed by atoms with E-state index in [1.54, 1.807) is 29.9 Å². The zero-order chi connectivity index (χ0) is 27.2. The molecule has 0 bridgehead atoms. The third-order valence-corrected chi connectivity index (χ3v) is 6.41. The lowest BCUT2D eigenvalue weighted by atomic mass is 9.95. The fourth-order valence-electron chi connectivity index (χ4n) is 4.43. The van der Waals surface area contributed by atoms with Crippen molar-refractivity contribution in [3.8, 4) is 33.5 Å². The number of alkyl halides is 3. The lowest BCUT2D eigenvalue weighted by Gasteiger charge is -2.17. The Labute approximate surface area is 215 Å². The molecule has 0 aliphatic carbocycles. The van der Waals surface area contributed by atoms with Gasteiger partial charge in [0.15, 0.2) is 0 Å². The number of aromatic nitrogens is 5. The number of aromatic amines is 1. The first-order chi connectivity index (χ1) is 18.0. The minimum atomic E-state index is -4.66. The molecule has 0 fully saturated rings. The Morgan fingerprint density at radius 3 is 2.34 bits per heavy atom. The van der Waals surface area contributed by atoms with Gasteiger partial charge >= 0.3 is 6.30 Å². The molecule has 8 nitrogen and oxygen atoms in total. The lowest BCUT2D eigenvalue weighted by molar-refractivity contribution is -0.212. The highest BCUT2D eigenvalue weighted by Gasteiger charge is 2.32. The highest BCUT2D eigenvalue weighted by atomic mass is 19.4. The van der Waals surface area contributed by atoms with Crippen LogP contribution in [0.2, 0.25) is 0 Å². The van der Waals surface area contributed by atoms with E-state index in [-0.39, 0.29) is 26.9 Å². The molecule has 38 heavy (non-hydrogen) atoms. The quantitative estimate of drug-likeness (QED) is 0.361. The van der Waals surface area contributed by atoms with E-state index in [2.05, 4.69) is 10.1 Å². The van der Waals surface area contributed by atoms with Crippen LogP contribution in [-0.2, 0) is 19.9 Å². The average Bonchev–Trinajstić information content (AvgIpc) is 3.54. The van der Waals surface area contributed by atoms with Crippen LogP contribution < -0.4 is 11.1 Å². The molecule has 0 saturated carbocycles. The van der Waals surface area contributed by atoms with Crippen molar-refractivity contribution in [3.63, 3.8) is 0 Å². The molecule has 0 spiro atoms. The molecule has 0 radical (unpaired) electrons. The monoisotopic (exact) mass is 522 g/mol. The van der Waals surface area contributed by atoms with Gasteiger partial charge in [-0.25, -0.2) is 0 Å².